The molecule has 1 unspecified atom stereocenters. The van der Waals surface area contributed by atoms with Crippen LogP contribution in [0, 0.1) is 0 Å². The van der Waals surface area contributed by atoms with Gasteiger partial charge in [0.1, 0.15) is 0 Å². The van der Waals surface area contributed by atoms with Gasteiger partial charge in [-0.25, -0.2) is 14.6 Å². The SMILES string of the molecule is CCCCCCCCC(CC)c1cc(-n2cc(C(F)(F)F)cn2)nc(C=O)n1. The summed E-state index contributed by atoms with van der Waals surface area (Å²) in [5.74, 6) is 0.256. The van der Waals surface area contributed by atoms with E-state index >= 15 is 0 Å². The van der Waals surface area contributed by atoms with Crippen molar-refractivity contribution in [3.05, 3.63) is 35.5 Å². The second-order valence-electron chi connectivity index (χ2n) is 6.96. The molecular formula is C20H27F3N4O. The van der Waals surface area contributed by atoms with E-state index in [1.807, 2.05) is 6.92 Å². The number of halogens is 3. The van der Waals surface area contributed by atoms with Crippen LogP contribution in [0.15, 0.2) is 18.5 Å². The van der Waals surface area contributed by atoms with Gasteiger partial charge >= 0.3 is 6.18 Å². The molecule has 0 amide bonds. The summed E-state index contributed by atoms with van der Waals surface area (Å²) in [6.07, 6.45) is 6.49. The molecule has 0 aliphatic heterocycles. The van der Waals surface area contributed by atoms with Gasteiger partial charge < -0.3 is 0 Å². The third-order valence-corrected chi connectivity index (χ3v) is 4.82. The third-order valence-electron chi connectivity index (χ3n) is 4.82. The quantitative estimate of drug-likeness (QED) is 0.359. The highest BCUT2D eigenvalue weighted by Gasteiger charge is 2.32. The maximum absolute atomic E-state index is 12.8. The second-order valence-corrected chi connectivity index (χ2v) is 6.96. The number of aromatic nitrogens is 4. The number of carbonyl (C=O) groups excluding carboxylic acids is 1. The van der Waals surface area contributed by atoms with Gasteiger partial charge in [0.25, 0.3) is 0 Å². The molecular weight excluding hydrogens is 369 g/mol. The Bertz CT molecular complexity index is 758. The Morgan fingerprint density at radius 3 is 2.43 bits per heavy atom. The minimum atomic E-state index is -4.48. The van der Waals surface area contributed by atoms with E-state index in [9.17, 15) is 18.0 Å². The van der Waals surface area contributed by atoms with E-state index in [0.29, 0.717) is 12.0 Å². The Hall–Kier alpha value is -2.25. The van der Waals surface area contributed by atoms with Crippen LogP contribution in [0.25, 0.3) is 5.82 Å². The highest BCUT2D eigenvalue weighted by Crippen LogP contribution is 2.30. The van der Waals surface area contributed by atoms with Crippen LogP contribution in [-0.4, -0.2) is 26.0 Å². The molecule has 2 aromatic rings. The molecule has 5 nitrogen and oxygen atoms in total. The van der Waals surface area contributed by atoms with Crippen molar-refractivity contribution < 1.29 is 18.0 Å². The first-order valence-corrected chi connectivity index (χ1v) is 9.85. The summed E-state index contributed by atoms with van der Waals surface area (Å²) in [6.45, 7) is 4.22. The number of nitrogens with zero attached hydrogens (tertiary/aromatic N) is 4. The molecule has 8 heteroatoms. The van der Waals surface area contributed by atoms with E-state index in [1.165, 1.54) is 25.7 Å². The molecule has 0 radical (unpaired) electrons. The van der Waals surface area contributed by atoms with E-state index in [-0.39, 0.29) is 17.6 Å². The molecule has 28 heavy (non-hydrogen) atoms. The van der Waals surface area contributed by atoms with Crippen LogP contribution in [-0.2, 0) is 6.18 Å². The van der Waals surface area contributed by atoms with Crippen LogP contribution >= 0.6 is 0 Å². The predicted molar refractivity (Wildman–Crippen MR) is 101 cm³/mol. The fraction of sp³-hybridized carbons (Fsp3) is 0.600. The third kappa shape index (κ3) is 6.14. The first-order chi connectivity index (χ1) is 13.4. The average Bonchev–Trinajstić information content (AvgIpc) is 3.18. The van der Waals surface area contributed by atoms with Crippen molar-refractivity contribution in [2.24, 2.45) is 0 Å². The van der Waals surface area contributed by atoms with Crippen LogP contribution in [0.3, 0.4) is 0 Å². The maximum Gasteiger partial charge on any atom is 0.419 e. The standard InChI is InChI=1S/C20H27F3N4O/c1-3-5-6-7-8-9-10-15(4-2)17-11-19(26-18(14-28)25-17)27-13-16(12-24-27)20(21,22)23/h11-15H,3-10H2,1-2H3. The molecule has 2 heterocycles. The van der Waals surface area contributed by atoms with E-state index in [2.05, 4.69) is 22.0 Å². The molecule has 0 aliphatic rings. The van der Waals surface area contributed by atoms with Gasteiger partial charge in [0.05, 0.1) is 11.8 Å². The van der Waals surface area contributed by atoms with Gasteiger partial charge in [-0.05, 0) is 12.8 Å². The smallest absolute Gasteiger partial charge is 0.294 e. The fourth-order valence-electron chi connectivity index (χ4n) is 3.18. The second kappa shape index (κ2) is 10.3. The Morgan fingerprint density at radius 2 is 1.82 bits per heavy atom. The van der Waals surface area contributed by atoms with Crippen LogP contribution in [0.1, 0.15) is 93.0 Å². The number of aldehydes is 1. The van der Waals surface area contributed by atoms with E-state index in [0.717, 1.165) is 42.8 Å². The number of rotatable bonds is 11. The topological polar surface area (TPSA) is 60.7 Å². The van der Waals surface area contributed by atoms with E-state index in [4.69, 9.17) is 0 Å². The number of carbonyl (C=O) groups is 1. The molecule has 0 fully saturated rings. The minimum absolute atomic E-state index is 0.0436. The zero-order valence-corrected chi connectivity index (χ0v) is 16.4. The Balaban J connectivity index is 2.16. The van der Waals surface area contributed by atoms with Crippen molar-refractivity contribution in [3.8, 4) is 5.82 Å². The van der Waals surface area contributed by atoms with Crippen molar-refractivity contribution in [1.29, 1.82) is 0 Å². The minimum Gasteiger partial charge on any atom is -0.294 e. The molecule has 0 bridgehead atoms. The number of alkyl halides is 3. The molecule has 0 N–H and O–H groups in total. The predicted octanol–water partition coefficient (Wildman–Crippen LogP) is 5.74. The normalized spacial score (nSPS) is 12.9. The van der Waals surface area contributed by atoms with Crippen molar-refractivity contribution in [2.45, 2.75) is 77.3 Å². The van der Waals surface area contributed by atoms with Gasteiger partial charge in [-0.3, -0.25) is 4.79 Å². The molecule has 154 valence electrons. The zero-order valence-electron chi connectivity index (χ0n) is 16.4. The monoisotopic (exact) mass is 396 g/mol. The van der Waals surface area contributed by atoms with Crippen LogP contribution < -0.4 is 0 Å². The molecule has 1 atom stereocenters. The fourth-order valence-corrected chi connectivity index (χ4v) is 3.18. The lowest BCUT2D eigenvalue weighted by Gasteiger charge is -2.15. The van der Waals surface area contributed by atoms with Gasteiger partial charge in [-0.15, -0.1) is 0 Å². The lowest BCUT2D eigenvalue weighted by atomic mass is 9.94. The Labute approximate surface area is 163 Å². The van der Waals surface area contributed by atoms with Gasteiger partial charge in [0.2, 0.25) is 0 Å². The first kappa shape index (κ1) is 22.0. The van der Waals surface area contributed by atoms with Crippen LogP contribution in [0.4, 0.5) is 13.2 Å². The largest absolute Gasteiger partial charge is 0.419 e. The van der Waals surface area contributed by atoms with Crippen LogP contribution in [0.2, 0.25) is 0 Å². The molecule has 0 aromatic carbocycles. The summed E-state index contributed by atoms with van der Waals surface area (Å²) in [7, 11) is 0. The van der Waals surface area contributed by atoms with Gasteiger partial charge in [0, 0.05) is 23.9 Å². The van der Waals surface area contributed by atoms with Gasteiger partial charge in [-0.2, -0.15) is 18.3 Å². The summed E-state index contributed by atoms with van der Waals surface area (Å²) >= 11 is 0. The average molecular weight is 396 g/mol. The molecule has 0 spiro atoms. The van der Waals surface area contributed by atoms with Gasteiger partial charge in [0.15, 0.2) is 17.9 Å². The van der Waals surface area contributed by atoms with E-state index < -0.39 is 11.7 Å². The number of hydrogen-bond acceptors (Lipinski definition) is 4. The summed E-state index contributed by atoms with van der Waals surface area (Å²) < 4.78 is 39.5. The van der Waals surface area contributed by atoms with Crippen molar-refractivity contribution in [3.63, 3.8) is 0 Å². The molecule has 0 saturated heterocycles. The Kier molecular flexibility index (Phi) is 8.14. The van der Waals surface area contributed by atoms with Crippen molar-refractivity contribution in [2.75, 3.05) is 0 Å². The molecule has 2 aromatic heterocycles. The summed E-state index contributed by atoms with van der Waals surface area (Å²) in [5.41, 5.74) is -0.188. The number of hydrogen-bond donors (Lipinski definition) is 0. The lowest BCUT2D eigenvalue weighted by molar-refractivity contribution is -0.137. The van der Waals surface area contributed by atoms with Crippen molar-refractivity contribution in [1.82, 2.24) is 19.7 Å². The first-order valence-electron chi connectivity index (χ1n) is 9.85. The summed E-state index contributed by atoms with van der Waals surface area (Å²) in [4.78, 5) is 19.6. The van der Waals surface area contributed by atoms with Gasteiger partial charge in [-0.1, -0.05) is 52.4 Å². The van der Waals surface area contributed by atoms with Crippen LogP contribution in [0.5, 0.6) is 0 Å². The van der Waals surface area contributed by atoms with E-state index in [1.54, 1.807) is 6.07 Å². The number of unbranched alkanes of at least 4 members (excludes halogenated alkanes) is 5. The summed E-state index contributed by atoms with van der Waals surface area (Å²) in [6, 6.07) is 1.63. The molecule has 0 saturated carbocycles. The Morgan fingerprint density at radius 1 is 1.11 bits per heavy atom. The zero-order chi connectivity index (χ0) is 20.6. The lowest BCUT2D eigenvalue weighted by Crippen LogP contribution is -2.09. The highest BCUT2D eigenvalue weighted by atomic mass is 19.4. The molecule has 2 rings (SSSR count). The van der Waals surface area contributed by atoms with Crippen molar-refractivity contribution >= 4 is 6.29 Å². The maximum atomic E-state index is 12.8. The summed E-state index contributed by atoms with van der Waals surface area (Å²) in [5, 5.41) is 3.75. The molecule has 0 aliphatic carbocycles. The highest BCUT2D eigenvalue weighted by molar-refractivity contribution is 5.69.